The SMILES string of the molecule is CC(C)C[C@H](NC(=O)C(C)(N)c1ccccc1)C(=O)OC(C)C. The smallest absolute Gasteiger partial charge is 0.328 e. The lowest BCUT2D eigenvalue weighted by atomic mass is 9.91. The predicted molar refractivity (Wildman–Crippen MR) is 90.6 cm³/mol. The first kappa shape index (κ1) is 19.2. The molecule has 3 N–H and O–H groups in total. The number of nitrogens with two attached hydrogens (primary N) is 1. The molecule has 0 saturated heterocycles. The van der Waals surface area contributed by atoms with Gasteiger partial charge in [0.2, 0.25) is 5.91 Å². The molecule has 23 heavy (non-hydrogen) atoms. The standard InChI is InChI=1S/C18H28N2O3/c1-12(2)11-15(16(21)23-13(3)4)20-17(22)18(5,19)14-9-7-6-8-10-14/h6-10,12-13,15H,11,19H2,1-5H3,(H,20,22)/t15-,18?/m0/s1. The first-order valence-electron chi connectivity index (χ1n) is 8.00. The second-order valence-corrected chi connectivity index (χ2v) is 6.71. The summed E-state index contributed by atoms with van der Waals surface area (Å²) >= 11 is 0. The molecule has 1 aromatic rings. The minimum absolute atomic E-state index is 0.229. The fraction of sp³-hybridized carbons (Fsp3) is 0.556. The van der Waals surface area contributed by atoms with Crippen molar-refractivity contribution in [3.63, 3.8) is 0 Å². The summed E-state index contributed by atoms with van der Waals surface area (Å²) in [6, 6.07) is 8.40. The van der Waals surface area contributed by atoms with Crippen molar-refractivity contribution in [1.82, 2.24) is 5.32 Å². The first-order valence-corrected chi connectivity index (χ1v) is 8.00. The minimum atomic E-state index is -1.21. The molecule has 0 bridgehead atoms. The fourth-order valence-electron chi connectivity index (χ4n) is 2.22. The number of esters is 1. The van der Waals surface area contributed by atoms with Crippen LogP contribution in [0, 0.1) is 5.92 Å². The zero-order valence-electron chi connectivity index (χ0n) is 14.6. The van der Waals surface area contributed by atoms with Crippen LogP contribution in [0.4, 0.5) is 0 Å². The van der Waals surface area contributed by atoms with Gasteiger partial charge in [-0.05, 0) is 38.7 Å². The van der Waals surface area contributed by atoms with E-state index in [1.807, 2.05) is 32.0 Å². The normalized spacial score (nSPS) is 15.1. The fourth-order valence-corrected chi connectivity index (χ4v) is 2.22. The van der Waals surface area contributed by atoms with Crippen molar-refractivity contribution < 1.29 is 14.3 Å². The molecule has 0 aromatic heterocycles. The molecule has 0 aliphatic heterocycles. The van der Waals surface area contributed by atoms with Gasteiger partial charge in [-0.2, -0.15) is 0 Å². The molecule has 1 unspecified atom stereocenters. The Labute approximate surface area is 138 Å². The van der Waals surface area contributed by atoms with E-state index < -0.39 is 23.5 Å². The van der Waals surface area contributed by atoms with Crippen molar-refractivity contribution in [2.75, 3.05) is 0 Å². The number of nitrogens with one attached hydrogen (secondary N) is 1. The average Bonchev–Trinajstić information content (AvgIpc) is 2.46. The van der Waals surface area contributed by atoms with Gasteiger partial charge >= 0.3 is 5.97 Å². The minimum Gasteiger partial charge on any atom is -0.461 e. The second kappa shape index (κ2) is 8.11. The number of benzene rings is 1. The van der Waals surface area contributed by atoms with Crippen LogP contribution in [0.1, 0.15) is 46.6 Å². The van der Waals surface area contributed by atoms with Crippen LogP contribution in [0.5, 0.6) is 0 Å². The van der Waals surface area contributed by atoms with Gasteiger partial charge in [0.25, 0.3) is 0 Å². The summed E-state index contributed by atoms with van der Waals surface area (Å²) in [4.78, 5) is 24.8. The Balaban J connectivity index is 2.89. The number of rotatable bonds is 7. The molecule has 1 rings (SSSR count). The van der Waals surface area contributed by atoms with Gasteiger partial charge in [0.15, 0.2) is 0 Å². The number of ether oxygens (including phenoxy) is 1. The molecule has 2 atom stereocenters. The molecule has 0 aliphatic carbocycles. The van der Waals surface area contributed by atoms with E-state index in [-0.39, 0.29) is 12.0 Å². The Morgan fingerprint density at radius 2 is 1.74 bits per heavy atom. The van der Waals surface area contributed by atoms with Crippen LogP contribution in [0.15, 0.2) is 30.3 Å². The van der Waals surface area contributed by atoms with Crippen LogP contribution in [-0.4, -0.2) is 24.0 Å². The Kier molecular flexibility index (Phi) is 6.76. The van der Waals surface area contributed by atoms with Gasteiger partial charge in [-0.1, -0.05) is 44.2 Å². The molecule has 5 heteroatoms. The van der Waals surface area contributed by atoms with Crippen LogP contribution in [0.25, 0.3) is 0 Å². The third-order valence-corrected chi connectivity index (χ3v) is 3.49. The summed E-state index contributed by atoms with van der Waals surface area (Å²) in [5.74, 6) is -0.582. The number of hydrogen-bond acceptors (Lipinski definition) is 4. The lowest BCUT2D eigenvalue weighted by Crippen LogP contribution is -2.54. The number of amides is 1. The summed E-state index contributed by atoms with van der Waals surface area (Å²) < 4.78 is 5.24. The summed E-state index contributed by atoms with van der Waals surface area (Å²) in [7, 11) is 0. The molecule has 0 aliphatic rings. The topological polar surface area (TPSA) is 81.4 Å². The molecular weight excluding hydrogens is 292 g/mol. The maximum atomic E-state index is 12.6. The summed E-state index contributed by atoms with van der Waals surface area (Å²) in [5, 5.41) is 2.75. The number of hydrogen-bond donors (Lipinski definition) is 2. The molecule has 128 valence electrons. The Bertz CT molecular complexity index is 524. The van der Waals surface area contributed by atoms with E-state index in [1.54, 1.807) is 32.9 Å². The van der Waals surface area contributed by atoms with Gasteiger partial charge in [-0.15, -0.1) is 0 Å². The highest BCUT2D eigenvalue weighted by atomic mass is 16.5. The van der Waals surface area contributed by atoms with E-state index in [0.29, 0.717) is 12.0 Å². The van der Waals surface area contributed by atoms with Crippen LogP contribution in [0.3, 0.4) is 0 Å². The maximum absolute atomic E-state index is 12.6. The number of carbonyl (C=O) groups excluding carboxylic acids is 2. The van der Waals surface area contributed by atoms with Gasteiger partial charge in [-0.25, -0.2) is 4.79 Å². The molecule has 0 spiro atoms. The van der Waals surface area contributed by atoms with Crippen molar-refractivity contribution >= 4 is 11.9 Å². The first-order chi connectivity index (χ1) is 10.6. The molecule has 0 fully saturated rings. The average molecular weight is 320 g/mol. The molecule has 1 amide bonds. The van der Waals surface area contributed by atoms with Crippen molar-refractivity contribution in [3.05, 3.63) is 35.9 Å². The Hall–Kier alpha value is -1.88. The van der Waals surface area contributed by atoms with Crippen molar-refractivity contribution in [2.24, 2.45) is 11.7 Å². The van der Waals surface area contributed by atoms with E-state index in [1.165, 1.54) is 0 Å². The van der Waals surface area contributed by atoms with Crippen LogP contribution in [0.2, 0.25) is 0 Å². The zero-order chi connectivity index (χ0) is 17.6. The quantitative estimate of drug-likeness (QED) is 0.756. The molecule has 0 heterocycles. The number of carbonyl (C=O) groups is 2. The highest BCUT2D eigenvalue weighted by Gasteiger charge is 2.34. The van der Waals surface area contributed by atoms with Gasteiger partial charge < -0.3 is 15.8 Å². The van der Waals surface area contributed by atoms with Gasteiger partial charge in [-0.3, -0.25) is 4.79 Å². The van der Waals surface area contributed by atoms with E-state index in [2.05, 4.69) is 5.32 Å². The highest BCUT2D eigenvalue weighted by Crippen LogP contribution is 2.18. The lowest BCUT2D eigenvalue weighted by molar-refractivity contribution is -0.152. The molecule has 5 nitrogen and oxygen atoms in total. The molecule has 0 saturated carbocycles. The molecule has 1 aromatic carbocycles. The van der Waals surface area contributed by atoms with Crippen molar-refractivity contribution in [2.45, 2.75) is 58.7 Å². The Morgan fingerprint density at radius 1 is 1.17 bits per heavy atom. The van der Waals surface area contributed by atoms with Gasteiger partial charge in [0.05, 0.1) is 6.10 Å². The molecular formula is C18H28N2O3. The van der Waals surface area contributed by atoms with E-state index in [4.69, 9.17) is 10.5 Å². The van der Waals surface area contributed by atoms with E-state index >= 15 is 0 Å². The highest BCUT2D eigenvalue weighted by molar-refractivity contribution is 5.91. The van der Waals surface area contributed by atoms with Crippen LogP contribution < -0.4 is 11.1 Å². The van der Waals surface area contributed by atoms with Gasteiger partial charge in [0, 0.05) is 0 Å². The Morgan fingerprint density at radius 3 is 2.22 bits per heavy atom. The van der Waals surface area contributed by atoms with E-state index in [0.717, 1.165) is 0 Å². The summed E-state index contributed by atoms with van der Waals surface area (Å²) in [5.41, 5.74) is 5.68. The largest absolute Gasteiger partial charge is 0.461 e. The van der Waals surface area contributed by atoms with Crippen LogP contribution >= 0.6 is 0 Å². The van der Waals surface area contributed by atoms with Gasteiger partial charge in [0.1, 0.15) is 11.6 Å². The zero-order valence-corrected chi connectivity index (χ0v) is 14.6. The lowest BCUT2D eigenvalue weighted by Gasteiger charge is -2.28. The third-order valence-electron chi connectivity index (χ3n) is 3.49. The predicted octanol–water partition coefficient (Wildman–Crippen LogP) is 2.34. The summed E-state index contributed by atoms with van der Waals surface area (Å²) in [6.07, 6.45) is 0.273. The second-order valence-electron chi connectivity index (χ2n) is 6.71. The third kappa shape index (κ3) is 5.67. The van der Waals surface area contributed by atoms with E-state index in [9.17, 15) is 9.59 Å². The van der Waals surface area contributed by atoms with Crippen molar-refractivity contribution in [3.8, 4) is 0 Å². The van der Waals surface area contributed by atoms with Crippen molar-refractivity contribution in [1.29, 1.82) is 0 Å². The molecule has 0 radical (unpaired) electrons. The summed E-state index contributed by atoms with van der Waals surface area (Å²) in [6.45, 7) is 9.17. The van der Waals surface area contributed by atoms with Crippen LogP contribution in [-0.2, 0) is 19.9 Å². The monoisotopic (exact) mass is 320 g/mol. The maximum Gasteiger partial charge on any atom is 0.328 e.